The fraction of sp³-hybridized carbons (Fsp3) is 0.222. The number of unbranched alkanes of at least 4 members (excludes halogenated alkanes) is 1. The number of carboxylic acid groups (broad SMARTS) is 1. The van der Waals surface area contributed by atoms with Gasteiger partial charge < -0.3 is 9.67 Å². The number of carbonyl (C=O) groups is 1. The number of aromatic carboxylic acids is 1. The number of benzene rings is 1. The van der Waals surface area contributed by atoms with Crippen molar-refractivity contribution < 1.29 is 9.90 Å². The molecule has 0 saturated heterocycles. The van der Waals surface area contributed by atoms with Gasteiger partial charge in [-0.15, -0.1) is 0 Å². The van der Waals surface area contributed by atoms with E-state index < -0.39 is 5.97 Å². The van der Waals surface area contributed by atoms with E-state index in [1.165, 1.54) is 5.56 Å². The van der Waals surface area contributed by atoms with Crippen LogP contribution in [0.5, 0.6) is 0 Å². The van der Waals surface area contributed by atoms with Crippen molar-refractivity contribution in [3.05, 3.63) is 64.4 Å². The van der Waals surface area contributed by atoms with Crippen molar-refractivity contribution in [2.75, 3.05) is 0 Å². The summed E-state index contributed by atoms with van der Waals surface area (Å²) in [4.78, 5) is 15.6. The molecule has 2 aromatic heterocycles. The Kier molecular flexibility index (Phi) is 4.76. The van der Waals surface area contributed by atoms with Gasteiger partial charge in [-0.3, -0.25) is 4.98 Å². The molecule has 0 amide bonds. The van der Waals surface area contributed by atoms with Crippen molar-refractivity contribution >= 4 is 32.9 Å². The van der Waals surface area contributed by atoms with Crippen molar-refractivity contribution in [3.8, 4) is 0 Å². The molecule has 0 fully saturated rings. The molecule has 0 unspecified atom stereocenters. The van der Waals surface area contributed by atoms with Gasteiger partial charge in [0.2, 0.25) is 0 Å². The monoisotopic (exact) mass is 372 g/mol. The largest absolute Gasteiger partial charge is 0.478 e. The second kappa shape index (κ2) is 6.96. The highest BCUT2D eigenvalue weighted by Crippen LogP contribution is 2.23. The fourth-order valence-electron chi connectivity index (χ4n) is 2.74. The van der Waals surface area contributed by atoms with E-state index in [1.54, 1.807) is 12.4 Å². The molecular formula is C18H17BrN2O2. The van der Waals surface area contributed by atoms with Crippen molar-refractivity contribution in [1.29, 1.82) is 0 Å². The predicted molar refractivity (Wildman–Crippen MR) is 93.8 cm³/mol. The van der Waals surface area contributed by atoms with Gasteiger partial charge in [0.1, 0.15) is 11.1 Å². The zero-order valence-electron chi connectivity index (χ0n) is 12.6. The van der Waals surface area contributed by atoms with Gasteiger partial charge in [-0.2, -0.15) is 0 Å². The third kappa shape index (κ3) is 3.62. The summed E-state index contributed by atoms with van der Waals surface area (Å²) in [5, 5.41) is 9.32. The van der Waals surface area contributed by atoms with Gasteiger partial charge in [-0.1, -0.05) is 30.3 Å². The van der Waals surface area contributed by atoms with Crippen molar-refractivity contribution in [2.45, 2.75) is 25.8 Å². The molecule has 2 heterocycles. The van der Waals surface area contributed by atoms with Crippen LogP contribution in [0.25, 0.3) is 11.0 Å². The van der Waals surface area contributed by atoms with Gasteiger partial charge in [0.05, 0.1) is 5.52 Å². The Labute approximate surface area is 142 Å². The Balaban J connectivity index is 1.72. The minimum Gasteiger partial charge on any atom is -0.478 e. The number of halogens is 1. The van der Waals surface area contributed by atoms with Crippen LogP contribution in [0.2, 0.25) is 0 Å². The van der Waals surface area contributed by atoms with Crippen LogP contribution in [0.1, 0.15) is 28.8 Å². The molecule has 0 bridgehead atoms. The molecule has 118 valence electrons. The van der Waals surface area contributed by atoms with Crippen molar-refractivity contribution in [1.82, 2.24) is 9.55 Å². The van der Waals surface area contributed by atoms with Gasteiger partial charge in [0.15, 0.2) is 0 Å². The molecule has 0 saturated carbocycles. The SMILES string of the molecule is O=C(O)c1cn(CCCCc2ccccc2)c2cc(Br)cnc12. The smallest absolute Gasteiger partial charge is 0.339 e. The molecule has 0 aliphatic heterocycles. The average Bonchev–Trinajstić information content (AvgIpc) is 2.91. The topological polar surface area (TPSA) is 55.1 Å². The summed E-state index contributed by atoms with van der Waals surface area (Å²) >= 11 is 3.40. The molecule has 0 atom stereocenters. The molecule has 3 rings (SSSR count). The molecule has 0 aliphatic carbocycles. The minimum absolute atomic E-state index is 0.260. The lowest BCUT2D eigenvalue weighted by Crippen LogP contribution is -1.98. The average molecular weight is 373 g/mol. The summed E-state index contributed by atoms with van der Waals surface area (Å²) in [6.07, 6.45) is 6.41. The van der Waals surface area contributed by atoms with Crippen LogP contribution < -0.4 is 0 Å². The summed E-state index contributed by atoms with van der Waals surface area (Å²) in [7, 11) is 0. The van der Waals surface area contributed by atoms with Crippen molar-refractivity contribution in [3.63, 3.8) is 0 Å². The van der Waals surface area contributed by atoms with Crippen LogP contribution in [0.3, 0.4) is 0 Å². The summed E-state index contributed by atoms with van der Waals surface area (Å²) in [6, 6.07) is 12.3. The maximum atomic E-state index is 11.4. The molecule has 1 N–H and O–H groups in total. The molecule has 0 radical (unpaired) electrons. The molecule has 3 aromatic rings. The number of fused-ring (bicyclic) bond motifs is 1. The molecule has 0 aliphatic rings. The lowest BCUT2D eigenvalue weighted by molar-refractivity contribution is 0.0698. The summed E-state index contributed by atoms with van der Waals surface area (Å²) in [6.45, 7) is 0.786. The van der Waals surface area contributed by atoms with E-state index in [0.29, 0.717) is 5.52 Å². The second-order valence-electron chi connectivity index (χ2n) is 5.51. The number of hydrogen-bond donors (Lipinski definition) is 1. The Morgan fingerprint density at radius 2 is 2.00 bits per heavy atom. The quantitative estimate of drug-likeness (QED) is 0.647. The molecule has 23 heavy (non-hydrogen) atoms. The highest BCUT2D eigenvalue weighted by atomic mass is 79.9. The summed E-state index contributed by atoms with van der Waals surface area (Å²) < 4.78 is 2.84. The van der Waals surface area contributed by atoms with Crippen LogP contribution >= 0.6 is 15.9 Å². The Morgan fingerprint density at radius 1 is 1.22 bits per heavy atom. The number of carboxylic acids is 1. The maximum absolute atomic E-state index is 11.4. The Morgan fingerprint density at radius 3 is 2.74 bits per heavy atom. The van der Waals surface area contributed by atoms with E-state index in [4.69, 9.17) is 0 Å². The highest BCUT2D eigenvalue weighted by molar-refractivity contribution is 9.10. The van der Waals surface area contributed by atoms with E-state index >= 15 is 0 Å². The van der Waals surface area contributed by atoms with Crippen LogP contribution in [0, 0.1) is 0 Å². The van der Waals surface area contributed by atoms with E-state index in [9.17, 15) is 9.90 Å². The number of pyridine rings is 1. The maximum Gasteiger partial charge on any atom is 0.339 e. The number of hydrogen-bond acceptors (Lipinski definition) is 2. The summed E-state index contributed by atoms with van der Waals surface area (Å²) in [5.41, 5.74) is 3.00. The first kappa shape index (κ1) is 15.7. The van der Waals surface area contributed by atoms with Crippen LogP contribution in [0.4, 0.5) is 0 Å². The van der Waals surface area contributed by atoms with E-state index in [2.05, 4.69) is 45.2 Å². The predicted octanol–water partition coefficient (Wildman–Crippen LogP) is 4.52. The first-order valence-electron chi connectivity index (χ1n) is 7.57. The summed E-state index contributed by atoms with van der Waals surface area (Å²) in [5.74, 6) is -0.937. The molecular weight excluding hydrogens is 356 g/mol. The van der Waals surface area contributed by atoms with Crippen LogP contribution in [-0.4, -0.2) is 20.6 Å². The zero-order valence-corrected chi connectivity index (χ0v) is 14.2. The van der Waals surface area contributed by atoms with E-state index in [-0.39, 0.29) is 5.56 Å². The normalized spacial score (nSPS) is 11.0. The highest BCUT2D eigenvalue weighted by Gasteiger charge is 2.15. The Bertz CT molecular complexity index is 828. The van der Waals surface area contributed by atoms with Crippen LogP contribution in [-0.2, 0) is 13.0 Å². The molecule has 0 spiro atoms. The minimum atomic E-state index is -0.937. The standard InChI is InChI=1S/C18H17BrN2O2/c19-14-10-16-17(20-11-14)15(18(22)23)12-21(16)9-5-4-8-13-6-2-1-3-7-13/h1-3,6-7,10-12H,4-5,8-9H2,(H,22,23). The fourth-order valence-corrected chi connectivity index (χ4v) is 3.06. The third-order valence-corrected chi connectivity index (χ3v) is 4.31. The number of nitrogens with zero attached hydrogens (tertiary/aromatic N) is 2. The number of aromatic nitrogens is 2. The van der Waals surface area contributed by atoms with Gasteiger partial charge in [-0.05, 0) is 46.8 Å². The lowest BCUT2D eigenvalue weighted by atomic mass is 10.1. The van der Waals surface area contributed by atoms with Gasteiger partial charge >= 0.3 is 5.97 Å². The first-order valence-corrected chi connectivity index (χ1v) is 8.36. The van der Waals surface area contributed by atoms with Gasteiger partial charge in [0, 0.05) is 23.4 Å². The van der Waals surface area contributed by atoms with Gasteiger partial charge in [0.25, 0.3) is 0 Å². The van der Waals surface area contributed by atoms with E-state index in [1.807, 2.05) is 16.7 Å². The van der Waals surface area contributed by atoms with E-state index in [0.717, 1.165) is 35.8 Å². The number of rotatable bonds is 6. The van der Waals surface area contributed by atoms with Crippen LogP contribution in [0.15, 0.2) is 53.3 Å². The lowest BCUT2D eigenvalue weighted by Gasteiger charge is -2.05. The zero-order chi connectivity index (χ0) is 16.2. The third-order valence-electron chi connectivity index (χ3n) is 3.87. The second-order valence-corrected chi connectivity index (χ2v) is 6.42. The van der Waals surface area contributed by atoms with Crippen molar-refractivity contribution in [2.24, 2.45) is 0 Å². The molecule has 4 nitrogen and oxygen atoms in total. The Hall–Kier alpha value is -2.14. The molecule has 1 aromatic carbocycles. The van der Waals surface area contributed by atoms with Gasteiger partial charge in [-0.25, -0.2) is 4.79 Å². The molecule has 5 heteroatoms. The first-order chi connectivity index (χ1) is 11.1. The number of aryl methyl sites for hydroxylation is 2.